The predicted octanol–water partition coefficient (Wildman–Crippen LogP) is 0.982. The molecule has 1 unspecified atom stereocenters. The zero-order valence-corrected chi connectivity index (χ0v) is 9.11. The van der Waals surface area contributed by atoms with E-state index in [-0.39, 0.29) is 11.7 Å². The van der Waals surface area contributed by atoms with E-state index in [1.807, 2.05) is 31.1 Å². The molecule has 0 spiro atoms. The number of nitriles is 1. The monoisotopic (exact) mass is 216 g/mol. The van der Waals surface area contributed by atoms with Gasteiger partial charge in [0.2, 0.25) is 0 Å². The Morgan fingerprint density at radius 1 is 1.31 bits per heavy atom. The lowest BCUT2D eigenvalue weighted by atomic mass is 10.1. The smallest absolute Gasteiger partial charge is 0.306 e. The van der Waals surface area contributed by atoms with E-state index in [2.05, 4.69) is 16.0 Å². The summed E-state index contributed by atoms with van der Waals surface area (Å²) in [6.45, 7) is 0. The maximum absolute atomic E-state index is 11.1. The van der Waals surface area contributed by atoms with Crippen LogP contribution in [0.4, 0.5) is 0 Å². The van der Waals surface area contributed by atoms with E-state index < -0.39 is 0 Å². The van der Waals surface area contributed by atoms with E-state index in [0.717, 1.165) is 16.6 Å². The molecule has 1 atom stereocenters. The summed E-state index contributed by atoms with van der Waals surface area (Å²) in [7, 11) is 3.69. The molecule has 0 aliphatic carbocycles. The lowest BCUT2D eigenvalue weighted by Gasteiger charge is -2.17. The first-order chi connectivity index (χ1) is 7.61. The molecule has 5 nitrogen and oxygen atoms in total. The van der Waals surface area contributed by atoms with Crippen LogP contribution in [0.3, 0.4) is 0 Å². The van der Waals surface area contributed by atoms with Gasteiger partial charge in [-0.25, -0.2) is 4.79 Å². The Labute approximate surface area is 92.3 Å². The summed E-state index contributed by atoms with van der Waals surface area (Å²) in [6.07, 6.45) is 0. The van der Waals surface area contributed by atoms with Crippen LogP contribution in [0.2, 0.25) is 0 Å². The van der Waals surface area contributed by atoms with Crippen LogP contribution in [0.15, 0.2) is 23.0 Å². The molecular weight excluding hydrogens is 204 g/mol. The second kappa shape index (κ2) is 3.83. The molecule has 0 amide bonds. The summed E-state index contributed by atoms with van der Waals surface area (Å²) < 4.78 is 0. The zero-order valence-electron chi connectivity index (χ0n) is 9.11. The number of aromatic nitrogens is 2. The van der Waals surface area contributed by atoms with Crippen LogP contribution in [-0.2, 0) is 0 Å². The first kappa shape index (κ1) is 10.5. The highest BCUT2D eigenvalue weighted by atomic mass is 16.1. The van der Waals surface area contributed by atoms with Crippen LogP contribution in [-0.4, -0.2) is 29.0 Å². The van der Waals surface area contributed by atoms with Crippen molar-refractivity contribution in [1.29, 1.82) is 5.26 Å². The molecule has 0 radical (unpaired) electrons. The van der Waals surface area contributed by atoms with Gasteiger partial charge in [0.25, 0.3) is 0 Å². The number of H-pyrrole nitrogens is 2. The maximum atomic E-state index is 11.1. The number of rotatable bonds is 2. The van der Waals surface area contributed by atoms with Crippen LogP contribution >= 0.6 is 0 Å². The van der Waals surface area contributed by atoms with Crippen molar-refractivity contribution in [1.82, 2.24) is 14.9 Å². The Morgan fingerprint density at radius 3 is 2.62 bits per heavy atom. The highest BCUT2D eigenvalue weighted by Crippen LogP contribution is 2.20. The average molecular weight is 216 g/mol. The topological polar surface area (TPSA) is 75.7 Å². The summed E-state index contributed by atoms with van der Waals surface area (Å²) in [5.74, 6) is 0. The molecule has 0 saturated carbocycles. The molecule has 0 fully saturated rings. The van der Waals surface area contributed by atoms with Gasteiger partial charge in [-0.1, -0.05) is 6.07 Å². The number of benzene rings is 1. The summed E-state index contributed by atoms with van der Waals surface area (Å²) in [6, 6.07) is 7.38. The fraction of sp³-hybridized carbons (Fsp3) is 0.273. The Morgan fingerprint density at radius 2 is 2.00 bits per heavy atom. The minimum atomic E-state index is -0.303. The van der Waals surface area contributed by atoms with E-state index in [0.29, 0.717) is 0 Å². The summed E-state index contributed by atoms with van der Waals surface area (Å²) in [4.78, 5) is 18.3. The molecule has 5 heteroatoms. The molecule has 1 aromatic carbocycles. The number of fused-ring (bicyclic) bond motifs is 1. The number of nitrogens with zero attached hydrogens (tertiary/aromatic N) is 2. The molecule has 0 saturated heterocycles. The number of aromatic amines is 2. The predicted molar refractivity (Wildman–Crippen MR) is 61.0 cm³/mol. The van der Waals surface area contributed by atoms with Crippen molar-refractivity contribution in [3.63, 3.8) is 0 Å². The SMILES string of the molecule is CN(C)C(C#N)c1ccc2[nH]c(=O)[nH]c2c1. The Kier molecular flexibility index (Phi) is 2.50. The van der Waals surface area contributed by atoms with Crippen molar-refractivity contribution in [3.05, 3.63) is 34.2 Å². The van der Waals surface area contributed by atoms with Crippen molar-refractivity contribution in [2.75, 3.05) is 14.1 Å². The van der Waals surface area contributed by atoms with Gasteiger partial charge >= 0.3 is 5.69 Å². The Bertz CT molecular complexity index is 602. The third kappa shape index (κ3) is 1.71. The van der Waals surface area contributed by atoms with E-state index in [4.69, 9.17) is 5.26 Å². The van der Waals surface area contributed by atoms with Crippen LogP contribution in [0.25, 0.3) is 11.0 Å². The van der Waals surface area contributed by atoms with Crippen molar-refractivity contribution in [2.45, 2.75) is 6.04 Å². The van der Waals surface area contributed by atoms with E-state index in [9.17, 15) is 4.79 Å². The molecule has 2 aromatic rings. The molecule has 0 aliphatic rings. The highest BCUT2D eigenvalue weighted by Gasteiger charge is 2.13. The molecule has 82 valence electrons. The van der Waals surface area contributed by atoms with Gasteiger partial charge in [-0.05, 0) is 31.8 Å². The normalized spacial score (nSPS) is 12.9. The Hall–Kier alpha value is -2.06. The van der Waals surface area contributed by atoms with Gasteiger partial charge < -0.3 is 9.97 Å². The fourth-order valence-corrected chi connectivity index (χ4v) is 1.71. The van der Waals surface area contributed by atoms with Crippen LogP contribution in [0, 0.1) is 11.3 Å². The van der Waals surface area contributed by atoms with Crippen LogP contribution in [0.1, 0.15) is 11.6 Å². The molecule has 1 aromatic heterocycles. The van der Waals surface area contributed by atoms with Crippen molar-refractivity contribution < 1.29 is 0 Å². The minimum absolute atomic E-state index is 0.231. The van der Waals surface area contributed by atoms with Crippen molar-refractivity contribution in [3.8, 4) is 6.07 Å². The number of hydrogen-bond acceptors (Lipinski definition) is 3. The van der Waals surface area contributed by atoms with E-state index in [1.54, 1.807) is 6.07 Å². The zero-order chi connectivity index (χ0) is 11.7. The average Bonchev–Trinajstić information content (AvgIpc) is 2.57. The largest absolute Gasteiger partial charge is 0.323 e. The third-order valence-electron chi connectivity index (χ3n) is 2.49. The van der Waals surface area contributed by atoms with Crippen molar-refractivity contribution >= 4 is 11.0 Å². The quantitative estimate of drug-likeness (QED) is 0.785. The first-order valence-corrected chi connectivity index (χ1v) is 4.90. The van der Waals surface area contributed by atoms with Crippen molar-refractivity contribution in [2.24, 2.45) is 0 Å². The second-order valence-electron chi connectivity index (χ2n) is 3.88. The van der Waals surface area contributed by atoms with Gasteiger partial charge in [-0.2, -0.15) is 5.26 Å². The van der Waals surface area contributed by atoms with Gasteiger partial charge in [0.05, 0.1) is 17.1 Å². The number of hydrogen-bond donors (Lipinski definition) is 2. The summed E-state index contributed by atoms with van der Waals surface area (Å²) in [5, 5.41) is 9.06. The fourth-order valence-electron chi connectivity index (χ4n) is 1.71. The molecule has 16 heavy (non-hydrogen) atoms. The molecule has 0 aliphatic heterocycles. The summed E-state index contributed by atoms with van der Waals surface area (Å²) in [5.41, 5.74) is 2.12. The Balaban J connectivity index is 2.54. The standard InChI is InChI=1S/C11H12N4O/c1-15(2)10(6-12)7-3-4-8-9(5-7)14-11(16)13-8/h3-5,10H,1-2H3,(H2,13,14,16). The molecular formula is C11H12N4O. The second-order valence-corrected chi connectivity index (χ2v) is 3.88. The van der Waals surface area contributed by atoms with E-state index >= 15 is 0 Å². The van der Waals surface area contributed by atoms with E-state index in [1.165, 1.54) is 0 Å². The lowest BCUT2D eigenvalue weighted by molar-refractivity contribution is 0.358. The first-order valence-electron chi connectivity index (χ1n) is 4.90. The van der Waals surface area contributed by atoms with Gasteiger partial charge in [0.15, 0.2) is 0 Å². The van der Waals surface area contributed by atoms with Gasteiger partial charge in [-0.3, -0.25) is 4.90 Å². The van der Waals surface area contributed by atoms with Gasteiger partial charge in [0.1, 0.15) is 6.04 Å². The molecule has 2 rings (SSSR count). The molecule has 2 N–H and O–H groups in total. The maximum Gasteiger partial charge on any atom is 0.323 e. The third-order valence-corrected chi connectivity index (χ3v) is 2.49. The summed E-state index contributed by atoms with van der Waals surface area (Å²) >= 11 is 0. The van der Waals surface area contributed by atoms with Crippen LogP contribution in [0.5, 0.6) is 0 Å². The molecule has 0 bridgehead atoms. The lowest BCUT2D eigenvalue weighted by Crippen LogP contribution is -2.18. The molecule has 1 heterocycles. The van der Waals surface area contributed by atoms with Crippen LogP contribution < -0.4 is 5.69 Å². The van der Waals surface area contributed by atoms with Gasteiger partial charge in [-0.15, -0.1) is 0 Å². The highest BCUT2D eigenvalue weighted by molar-refractivity contribution is 5.75. The number of nitrogens with one attached hydrogen (secondary N) is 2. The minimum Gasteiger partial charge on any atom is -0.306 e. The number of imidazole rings is 1. The van der Waals surface area contributed by atoms with Gasteiger partial charge in [0, 0.05) is 0 Å².